The summed E-state index contributed by atoms with van der Waals surface area (Å²) in [6, 6.07) is 6.38. The quantitative estimate of drug-likeness (QED) is 0.713. The zero-order chi connectivity index (χ0) is 19.0. The molecule has 0 unspecified atom stereocenters. The third-order valence-corrected chi connectivity index (χ3v) is 6.37. The van der Waals surface area contributed by atoms with Gasteiger partial charge < -0.3 is 4.90 Å². The lowest BCUT2D eigenvalue weighted by molar-refractivity contribution is 0.102. The molecule has 1 aliphatic rings. The summed E-state index contributed by atoms with van der Waals surface area (Å²) >= 11 is 1.22. The molecular formula is C17H17N5O3S2. The Morgan fingerprint density at radius 2 is 1.96 bits per heavy atom. The summed E-state index contributed by atoms with van der Waals surface area (Å²) in [6.45, 7) is 1.86. The van der Waals surface area contributed by atoms with Gasteiger partial charge in [0.15, 0.2) is 15.0 Å². The van der Waals surface area contributed by atoms with Crippen molar-refractivity contribution in [2.75, 3.05) is 29.6 Å². The fourth-order valence-corrected chi connectivity index (χ4v) is 4.56. The summed E-state index contributed by atoms with van der Waals surface area (Å²) < 4.78 is 24.1. The van der Waals surface area contributed by atoms with E-state index in [2.05, 4.69) is 25.2 Å². The fraction of sp³-hybridized carbons (Fsp3) is 0.294. The van der Waals surface area contributed by atoms with Gasteiger partial charge in [0.05, 0.1) is 15.1 Å². The molecule has 1 aromatic carbocycles. The number of aromatic nitrogens is 3. The van der Waals surface area contributed by atoms with Gasteiger partial charge in [-0.25, -0.2) is 23.4 Å². The maximum atomic E-state index is 12.5. The zero-order valence-electron chi connectivity index (χ0n) is 14.5. The number of nitrogens with zero attached hydrogens (tertiary/aromatic N) is 4. The summed E-state index contributed by atoms with van der Waals surface area (Å²) in [5.41, 5.74) is 0.895. The number of rotatable bonds is 4. The number of fused-ring (bicyclic) bond motifs is 1. The maximum absolute atomic E-state index is 12.5. The van der Waals surface area contributed by atoms with Crippen molar-refractivity contribution in [3.8, 4) is 0 Å². The van der Waals surface area contributed by atoms with Crippen LogP contribution in [0.4, 0.5) is 10.9 Å². The fourth-order valence-electron chi connectivity index (χ4n) is 2.94. The van der Waals surface area contributed by atoms with Crippen LogP contribution < -0.4 is 10.2 Å². The number of sulfone groups is 1. The SMILES string of the molecule is CS(=O)(=O)c1ccc2nc(NC(=O)c3cc(N4CCCC4)ncn3)sc2c1. The Morgan fingerprint density at radius 3 is 2.70 bits per heavy atom. The second kappa shape index (κ2) is 6.86. The summed E-state index contributed by atoms with van der Waals surface area (Å²) in [4.78, 5) is 27.5. The van der Waals surface area contributed by atoms with Crippen LogP contribution in [-0.2, 0) is 9.84 Å². The van der Waals surface area contributed by atoms with Crippen LogP contribution in [-0.4, -0.2) is 48.6 Å². The van der Waals surface area contributed by atoms with E-state index in [1.807, 2.05) is 0 Å². The highest BCUT2D eigenvalue weighted by Crippen LogP contribution is 2.28. The monoisotopic (exact) mass is 403 g/mol. The lowest BCUT2D eigenvalue weighted by Crippen LogP contribution is -2.21. The molecule has 10 heteroatoms. The minimum Gasteiger partial charge on any atom is -0.357 e. The van der Waals surface area contributed by atoms with E-state index >= 15 is 0 Å². The number of thiazole rings is 1. The van der Waals surface area contributed by atoms with Gasteiger partial charge in [-0.1, -0.05) is 11.3 Å². The van der Waals surface area contributed by atoms with Gasteiger partial charge in [0.2, 0.25) is 0 Å². The molecule has 3 aromatic rings. The second-order valence-electron chi connectivity index (χ2n) is 6.33. The predicted octanol–water partition coefficient (Wildman–Crippen LogP) is 2.34. The number of hydrogen-bond acceptors (Lipinski definition) is 8. The molecule has 2 aromatic heterocycles. The summed E-state index contributed by atoms with van der Waals surface area (Å²) in [5, 5.41) is 3.12. The van der Waals surface area contributed by atoms with Crippen LogP contribution in [0.15, 0.2) is 35.5 Å². The van der Waals surface area contributed by atoms with E-state index in [1.54, 1.807) is 18.2 Å². The number of carbonyl (C=O) groups is 1. The molecule has 4 rings (SSSR count). The highest BCUT2D eigenvalue weighted by Gasteiger charge is 2.17. The third kappa shape index (κ3) is 3.76. The van der Waals surface area contributed by atoms with Crippen molar-refractivity contribution in [3.05, 3.63) is 36.3 Å². The smallest absolute Gasteiger partial charge is 0.276 e. The second-order valence-corrected chi connectivity index (χ2v) is 9.38. The molecule has 0 aliphatic carbocycles. The van der Waals surface area contributed by atoms with Crippen molar-refractivity contribution in [2.45, 2.75) is 17.7 Å². The topological polar surface area (TPSA) is 105 Å². The minimum absolute atomic E-state index is 0.225. The Labute approximate surface area is 160 Å². The first-order valence-electron chi connectivity index (χ1n) is 8.39. The molecule has 0 spiro atoms. The first-order valence-corrected chi connectivity index (χ1v) is 11.1. The lowest BCUT2D eigenvalue weighted by atomic mass is 10.3. The normalized spacial score (nSPS) is 14.6. The summed E-state index contributed by atoms with van der Waals surface area (Å²) in [7, 11) is -3.29. The highest BCUT2D eigenvalue weighted by molar-refractivity contribution is 7.90. The van der Waals surface area contributed by atoms with Crippen LogP contribution in [0.25, 0.3) is 10.2 Å². The largest absolute Gasteiger partial charge is 0.357 e. The average molecular weight is 403 g/mol. The van der Waals surface area contributed by atoms with E-state index in [9.17, 15) is 13.2 Å². The van der Waals surface area contributed by atoms with E-state index in [1.165, 1.54) is 23.7 Å². The summed E-state index contributed by atoms with van der Waals surface area (Å²) in [6.07, 6.45) is 4.78. The van der Waals surface area contributed by atoms with Gasteiger partial charge >= 0.3 is 0 Å². The molecule has 1 amide bonds. The van der Waals surface area contributed by atoms with Crippen LogP contribution >= 0.6 is 11.3 Å². The van der Waals surface area contributed by atoms with Gasteiger partial charge in [-0.2, -0.15) is 0 Å². The van der Waals surface area contributed by atoms with E-state index in [4.69, 9.17) is 0 Å². The van der Waals surface area contributed by atoms with Crippen LogP contribution in [0, 0.1) is 0 Å². The number of hydrogen-bond donors (Lipinski definition) is 1. The number of nitrogens with one attached hydrogen (secondary N) is 1. The molecular weight excluding hydrogens is 386 g/mol. The molecule has 1 fully saturated rings. The Kier molecular flexibility index (Phi) is 4.52. The van der Waals surface area contributed by atoms with Crippen molar-refractivity contribution in [2.24, 2.45) is 0 Å². The van der Waals surface area contributed by atoms with Crippen molar-refractivity contribution >= 4 is 48.2 Å². The molecule has 0 atom stereocenters. The van der Waals surface area contributed by atoms with E-state index in [0.717, 1.165) is 38.0 Å². The van der Waals surface area contributed by atoms with Crippen LogP contribution in [0.3, 0.4) is 0 Å². The molecule has 1 aliphatic heterocycles. The minimum atomic E-state index is -3.29. The Hall–Kier alpha value is -2.59. The lowest BCUT2D eigenvalue weighted by Gasteiger charge is -2.16. The Morgan fingerprint density at radius 1 is 1.19 bits per heavy atom. The Bertz CT molecular complexity index is 1120. The summed E-state index contributed by atoms with van der Waals surface area (Å²) in [5.74, 6) is 0.370. The van der Waals surface area contributed by atoms with Crippen LogP contribution in [0.5, 0.6) is 0 Å². The van der Waals surface area contributed by atoms with Gasteiger partial charge in [0.25, 0.3) is 5.91 Å². The van der Waals surface area contributed by atoms with Crippen molar-refractivity contribution in [1.29, 1.82) is 0 Å². The van der Waals surface area contributed by atoms with E-state index in [0.29, 0.717) is 15.3 Å². The molecule has 0 saturated carbocycles. The predicted molar refractivity (Wildman–Crippen MR) is 104 cm³/mol. The van der Waals surface area contributed by atoms with Gasteiger partial charge in [-0.15, -0.1) is 0 Å². The van der Waals surface area contributed by atoms with Crippen LogP contribution in [0.1, 0.15) is 23.3 Å². The van der Waals surface area contributed by atoms with Gasteiger partial charge in [0.1, 0.15) is 17.8 Å². The van der Waals surface area contributed by atoms with Gasteiger partial charge in [-0.3, -0.25) is 10.1 Å². The first-order chi connectivity index (χ1) is 12.9. The number of benzene rings is 1. The zero-order valence-corrected chi connectivity index (χ0v) is 16.2. The molecule has 1 N–H and O–H groups in total. The van der Waals surface area contributed by atoms with Gasteiger partial charge in [-0.05, 0) is 31.0 Å². The van der Waals surface area contributed by atoms with E-state index < -0.39 is 9.84 Å². The third-order valence-electron chi connectivity index (χ3n) is 4.32. The number of carbonyl (C=O) groups excluding carboxylic acids is 1. The van der Waals surface area contributed by atoms with E-state index in [-0.39, 0.29) is 16.5 Å². The molecule has 8 nitrogen and oxygen atoms in total. The first kappa shape index (κ1) is 17.8. The molecule has 140 valence electrons. The molecule has 27 heavy (non-hydrogen) atoms. The molecule has 0 radical (unpaired) electrons. The molecule has 1 saturated heterocycles. The molecule has 3 heterocycles. The Balaban J connectivity index is 1.56. The maximum Gasteiger partial charge on any atom is 0.276 e. The average Bonchev–Trinajstić information content (AvgIpc) is 3.29. The molecule has 0 bridgehead atoms. The van der Waals surface area contributed by atoms with Crippen molar-refractivity contribution < 1.29 is 13.2 Å². The highest BCUT2D eigenvalue weighted by atomic mass is 32.2. The van der Waals surface area contributed by atoms with Crippen LogP contribution in [0.2, 0.25) is 0 Å². The number of amides is 1. The van der Waals surface area contributed by atoms with Crippen molar-refractivity contribution in [3.63, 3.8) is 0 Å². The number of anilines is 2. The standard InChI is InChI=1S/C17H17N5O3S2/c1-27(24,25)11-4-5-12-14(8-11)26-17(20-12)21-16(23)13-9-15(19-10-18-13)22-6-2-3-7-22/h4-5,8-10H,2-3,6-7H2,1H3,(H,20,21,23). The van der Waals surface area contributed by atoms with Gasteiger partial charge in [0, 0.05) is 25.4 Å². The van der Waals surface area contributed by atoms with Crippen molar-refractivity contribution in [1.82, 2.24) is 15.0 Å².